The number of carboxylic acid groups (broad SMARTS) is 1. The normalized spacial score (nSPS) is 17.8. The molecule has 0 bridgehead atoms. The zero-order valence-corrected chi connectivity index (χ0v) is 13.6. The molecule has 1 fully saturated rings. The van der Waals surface area contributed by atoms with E-state index in [-0.39, 0.29) is 18.2 Å². The van der Waals surface area contributed by atoms with Gasteiger partial charge in [-0.2, -0.15) is 0 Å². The molecule has 4 nitrogen and oxygen atoms in total. The first-order valence-electron chi connectivity index (χ1n) is 8.39. The number of carbonyl (C=O) groups excluding carboxylic acids is 1. The van der Waals surface area contributed by atoms with Crippen molar-refractivity contribution in [1.82, 2.24) is 4.90 Å². The number of hydrogen-bond acceptors (Lipinski definition) is 2. The van der Waals surface area contributed by atoms with Crippen molar-refractivity contribution in [3.63, 3.8) is 0 Å². The van der Waals surface area contributed by atoms with Crippen molar-refractivity contribution < 1.29 is 23.5 Å². The van der Waals surface area contributed by atoms with Crippen molar-refractivity contribution in [3.8, 4) is 0 Å². The molecule has 0 unspecified atom stereocenters. The first-order chi connectivity index (χ1) is 11.5. The molecule has 1 N–H and O–H groups in total. The fourth-order valence-electron chi connectivity index (χ4n) is 3.15. The van der Waals surface area contributed by atoms with Gasteiger partial charge in [0.25, 0.3) is 0 Å². The van der Waals surface area contributed by atoms with Crippen molar-refractivity contribution >= 4 is 11.9 Å². The lowest BCUT2D eigenvalue weighted by molar-refractivity contribution is -0.137. The van der Waals surface area contributed by atoms with Crippen molar-refractivity contribution in [2.75, 3.05) is 13.1 Å². The molecular formula is C18H23F2NO3. The average molecular weight is 339 g/mol. The van der Waals surface area contributed by atoms with Crippen LogP contribution in [0.15, 0.2) is 18.2 Å². The van der Waals surface area contributed by atoms with Crippen LogP contribution in [0.25, 0.3) is 0 Å². The Morgan fingerprint density at radius 1 is 1.21 bits per heavy atom. The number of likely N-dealkylation sites (tertiary alicyclic amines) is 1. The summed E-state index contributed by atoms with van der Waals surface area (Å²) in [5.41, 5.74) is 0.680. The van der Waals surface area contributed by atoms with Gasteiger partial charge >= 0.3 is 5.97 Å². The van der Waals surface area contributed by atoms with E-state index < -0.39 is 17.6 Å². The number of hydrogen-bond donors (Lipinski definition) is 1. The van der Waals surface area contributed by atoms with Gasteiger partial charge in [0.2, 0.25) is 5.91 Å². The van der Waals surface area contributed by atoms with Crippen LogP contribution in [-0.2, 0) is 16.0 Å². The molecule has 1 aromatic rings. The number of nitrogens with zero attached hydrogens (tertiary/aromatic N) is 1. The highest BCUT2D eigenvalue weighted by atomic mass is 19.2. The van der Waals surface area contributed by atoms with Crippen LogP contribution in [0.4, 0.5) is 8.78 Å². The topological polar surface area (TPSA) is 57.6 Å². The molecule has 0 aromatic heterocycles. The van der Waals surface area contributed by atoms with Gasteiger partial charge < -0.3 is 10.0 Å². The summed E-state index contributed by atoms with van der Waals surface area (Å²) in [4.78, 5) is 24.7. The van der Waals surface area contributed by atoms with Gasteiger partial charge in [0, 0.05) is 25.9 Å². The maximum absolute atomic E-state index is 13.1. The van der Waals surface area contributed by atoms with E-state index in [0.29, 0.717) is 44.3 Å². The lowest BCUT2D eigenvalue weighted by Crippen LogP contribution is -2.40. The Labute approximate surface area is 140 Å². The minimum Gasteiger partial charge on any atom is -0.481 e. The Kier molecular flexibility index (Phi) is 6.70. The number of carboxylic acids is 1. The number of aryl methyl sites for hydroxylation is 1. The van der Waals surface area contributed by atoms with E-state index in [1.807, 2.05) is 0 Å². The predicted octanol–water partition coefficient (Wildman–Crippen LogP) is 3.39. The van der Waals surface area contributed by atoms with Crippen molar-refractivity contribution in [2.45, 2.75) is 44.9 Å². The highest BCUT2D eigenvalue weighted by molar-refractivity contribution is 5.76. The first kappa shape index (κ1) is 18.4. The molecule has 132 valence electrons. The molecule has 1 aromatic carbocycles. The van der Waals surface area contributed by atoms with Crippen LogP contribution in [0.1, 0.15) is 44.1 Å². The van der Waals surface area contributed by atoms with E-state index in [9.17, 15) is 18.4 Å². The van der Waals surface area contributed by atoms with Crippen LogP contribution in [-0.4, -0.2) is 35.0 Å². The number of amides is 1. The standard InChI is InChI=1S/C18H23F2NO3/c19-15-8-6-13(11-16(15)20)3-1-5-17(22)21-10-2-4-14(12-21)7-9-18(23)24/h6,8,11,14H,1-5,7,9-10,12H2,(H,23,24)/t14-/m0/s1. The maximum atomic E-state index is 13.1. The molecule has 1 heterocycles. The van der Waals surface area contributed by atoms with Crippen LogP contribution in [0.3, 0.4) is 0 Å². The van der Waals surface area contributed by atoms with Gasteiger partial charge in [0.1, 0.15) is 0 Å². The highest BCUT2D eigenvalue weighted by Gasteiger charge is 2.23. The molecular weight excluding hydrogens is 316 g/mol. The van der Waals surface area contributed by atoms with E-state index in [1.54, 1.807) is 4.90 Å². The van der Waals surface area contributed by atoms with Crippen LogP contribution in [0, 0.1) is 17.6 Å². The van der Waals surface area contributed by atoms with E-state index in [1.165, 1.54) is 12.1 Å². The molecule has 1 aliphatic rings. The predicted molar refractivity (Wildman–Crippen MR) is 85.5 cm³/mol. The highest BCUT2D eigenvalue weighted by Crippen LogP contribution is 2.22. The third-order valence-corrected chi connectivity index (χ3v) is 4.48. The summed E-state index contributed by atoms with van der Waals surface area (Å²) in [5.74, 6) is -2.22. The van der Waals surface area contributed by atoms with E-state index >= 15 is 0 Å². The van der Waals surface area contributed by atoms with Crippen LogP contribution < -0.4 is 0 Å². The quantitative estimate of drug-likeness (QED) is 0.828. The maximum Gasteiger partial charge on any atom is 0.303 e. The molecule has 6 heteroatoms. The summed E-state index contributed by atoms with van der Waals surface area (Å²) in [6.45, 7) is 1.34. The molecule has 0 spiro atoms. The zero-order chi connectivity index (χ0) is 17.5. The third-order valence-electron chi connectivity index (χ3n) is 4.48. The van der Waals surface area contributed by atoms with E-state index in [2.05, 4.69) is 0 Å². The number of piperidine rings is 1. The van der Waals surface area contributed by atoms with E-state index in [4.69, 9.17) is 5.11 Å². The van der Waals surface area contributed by atoms with E-state index in [0.717, 1.165) is 18.9 Å². The van der Waals surface area contributed by atoms with Crippen molar-refractivity contribution in [2.24, 2.45) is 5.92 Å². The second-order valence-electron chi connectivity index (χ2n) is 6.38. The lowest BCUT2D eigenvalue weighted by Gasteiger charge is -2.32. The summed E-state index contributed by atoms with van der Waals surface area (Å²) < 4.78 is 26.0. The Morgan fingerprint density at radius 2 is 2.00 bits per heavy atom. The molecule has 0 radical (unpaired) electrons. The fraction of sp³-hybridized carbons (Fsp3) is 0.556. The summed E-state index contributed by atoms with van der Waals surface area (Å²) in [7, 11) is 0. The second kappa shape index (κ2) is 8.76. The monoisotopic (exact) mass is 339 g/mol. The molecule has 1 aliphatic heterocycles. The summed E-state index contributed by atoms with van der Waals surface area (Å²) >= 11 is 0. The number of benzene rings is 1. The zero-order valence-electron chi connectivity index (χ0n) is 13.6. The Morgan fingerprint density at radius 3 is 2.71 bits per heavy atom. The summed E-state index contributed by atoms with van der Waals surface area (Å²) in [5, 5.41) is 8.75. The van der Waals surface area contributed by atoms with Gasteiger partial charge in [-0.3, -0.25) is 9.59 Å². The Bertz CT molecular complexity index is 592. The van der Waals surface area contributed by atoms with Gasteiger partial charge in [-0.1, -0.05) is 6.07 Å². The number of aliphatic carboxylic acids is 1. The minimum atomic E-state index is -0.865. The van der Waals surface area contributed by atoms with Crippen LogP contribution in [0.5, 0.6) is 0 Å². The third kappa shape index (κ3) is 5.58. The van der Waals surface area contributed by atoms with Crippen LogP contribution >= 0.6 is 0 Å². The van der Waals surface area contributed by atoms with Gasteiger partial charge in [-0.05, 0) is 55.7 Å². The Balaban J connectivity index is 1.75. The van der Waals surface area contributed by atoms with Crippen LogP contribution in [0.2, 0.25) is 0 Å². The molecule has 1 amide bonds. The molecule has 1 atom stereocenters. The van der Waals surface area contributed by atoms with Gasteiger partial charge in [0.15, 0.2) is 11.6 Å². The first-order valence-corrected chi connectivity index (χ1v) is 8.39. The molecule has 24 heavy (non-hydrogen) atoms. The minimum absolute atomic E-state index is 0.0533. The van der Waals surface area contributed by atoms with Gasteiger partial charge in [-0.25, -0.2) is 8.78 Å². The van der Waals surface area contributed by atoms with Crippen molar-refractivity contribution in [3.05, 3.63) is 35.4 Å². The second-order valence-corrected chi connectivity index (χ2v) is 6.38. The molecule has 1 saturated heterocycles. The number of carbonyl (C=O) groups is 2. The average Bonchev–Trinajstić information content (AvgIpc) is 2.56. The summed E-state index contributed by atoms with van der Waals surface area (Å²) in [6, 6.07) is 3.80. The van der Waals surface area contributed by atoms with Gasteiger partial charge in [0.05, 0.1) is 0 Å². The smallest absolute Gasteiger partial charge is 0.303 e. The SMILES string of the molecule is O=C(O)CC[C@@H]1CCCN(C(=O)CCCc2ccc(F)c(F)c2)C1. The fourth-order valence-corrected chi connectivity index (χ4v) is 3.15. The molecule has 0 saturated carbocycles. The lowest BCUT2D eigenvalue weighted by atomic mass is 9.93. The van der Waals surface area contributed by atoms with Gasteiger partial charge in [-0.15, -0.1) is 0 Å². The molecule has 0 aliphatic carbocycles. The number of rotatable bonds is 7. The molecule has 2 rings (SSSR count). The van der Waals surface area contributed by atoms with Crippen molar-refractivity contribution in [1.29, 1.82) is 0 Å². The number of halogens is 2. The summed E-state index contributed by atoms with van der Waals surface area (Å²) in [6.07, 6.45) is 4.09. The Hall–Kier alpha value is -1.98. The largest absolute Gasteiger partial charge is 0.481 e.